The number of alkyl halides is 4. The Morgan fingerprint density at radius 2 is 2.06 bits per heavy atom. The molecule has 0 spiro atoms. The predicted octanol–water partition coefficient (Wildman–Crippen LogP) is 3.25. The van der Waals surface area contributed by atoms with E-state index in [1.54, 1.807) is 12.1 Å². The van der Waals surface area contributed by atoms with Crippen LogP contribution in [0, 0.1) is 0 Å². The second-order valence-corrected chi connectivity index (χ2v) is 4.64. The van der Waals surface area contributed by atoms with Crippen LogP contribution in [0.15, 0.2) is 24.3 Å². The van der Waals surface area contributed by atoms with E-state index in [1.807, 2.05) is 0 Å². The summed E-state index contributed by atoms with van der Waals surface area (Å²) in [4.78, 5) is 11.8. The highest BCUT2D eigenvalue weighted by Crippen LogP contribution is 2.49. The Morgan fingerprint density at radius 1 is 1.39 bits per heavy atom. The van der Waals surface area contributed by atoms with Crippen LogP contribution in [-0.2, 0) is 5.88 Å². The first-order valence-electron chi connectivity index (χ1n) is 5.42. The lowest BCUT2D eigenvalue weighted by Crippen LogP contribution is -2.47. The topological polar surface area (TPSA) is 29.1 Å². The number of carbonyl (C=O) groups excluding carboxylic acids is 1. The van der Waals surface area contributed by atoms with Gasteiger partial charge in [-0.15, -0.1) is 11.6 Å². The van der Waals surface area contributed by atoms with Crippen molar-refractivity contribution in [2.75, 3.05) is 0 Å². The van der Waals surface area contributed by atoms with Crippen LogP contribution in [0.25, 0.3) is 0 Å². The lowest BCUT2D eigenvalue weighted by Gasteiger charge is -2.20. The van der Waals surface area contributed by atoms with Gasteiger partial charge in [-0.3, -0.25) is 4.79 Å². The van der Waals surface area contributed by atoms with E-state index in [9.17, 15) is 18.0 Å². The highest BCUT2D eigenvalue weighted by atomic mass is 35.5. The van der Waals surface area contributed by atoms with Gasteiger partial charge in [0.25, 0.3) is 5.91 Å². The molecule has 18 heavy (non-hydrogen) atoms. The maximum absolute atomic E-state index is 12.7. The molecule has 1 aliphatic rings. The Hall–Kier alpha value is -1.23. The molecule has 1 saturated carbocycles. The molecular formula is C12H11ClF3NO. The molecule has 1 N–H and O–H groups in total. The van der Waals surface area contributed by atoms with E-state index in [-0.39, 0.29) is 24.3 Å². The number of carbonyl (C=O) groups is 1. The molecule has 0 aliphatic heterocycles. The number of hydrogen-bond donors (Lipinski definition) is 1. The maximum Gasteiger partial charge on any atom is 0.411 e. The van der Waals surface area contributed by atoms with Gasteiger partial charge in [-0.2, -0.15) is 13.2 Å². The number of nitrogens with one attached hydrogen (secondary N) is 1. The van der Waals surface area contributed by atoms with Crippen molar-refractivity contribution in [3.63, 3.8) is 0 Å². The minimum atomic E-state index is -4.40. The predicted molar refractivity (Wildman–Crippen MR) is 61.5 cm³/mol. The lowest BCUT2D eigenvalue weighted by atomic mass is 10.1. The van der Waals surface area contributed by atoms with Gasteiger partial charge in [0, 0.05) is 11.4 Å². The van der Waals surface area contributed by atoms with Gasteiger partial charge in [0.05, 0.1) is 0 Å². The molecule has 0 bridgehead atoms. The molecule has 0 atom stereocenters. The van der Waals surface area contributed by atoms with Crippen molar-refractivity contribution in [3.8, 4) is 0 Å². The van der Waals surface area contributed by atoms with Crippen molar-refractivity contribution < 1.29 is 18.0 Å². The molecule has 1 aromatic carbocycles. The number of hydrogen-bond acceptors (Lipinski definition) is 1. The van der Waals surface area contributed by atoms with E-state index in [4.69, 9.17) is 11.6 Å². The molecule has 0 heterocycles. The van der Waals surface area contributed by atoms with Crippen molar-refractivity contribution >= 4 is 17.5 Å². The normalized spacial score (nSPS) is 17.3. The van der Waals surface area contributed by atoms with Crippen molar-refractivity contribution in [2.24, 2.45) is 0 Å². The lowest BCUT2D eigenvalue weighted by molar-refractivity contribution is -0.163. The quantitative estimate of drug-likeness (QED) is 0.844. The first-order chi connectivity index (χ1) is 8.38. The van der Waals surface area contributed by atoms with Gasteiger partial charge in [0.2, 0.25) is 0 Å². The molecule has 0 radical (unpaired) electrons. The van der Waals surface area contributed by atoms with E-state index in [0.29, 0.717) is 5.56 Å². The smallest absolute Gasteiger partial charge is 0.338 e. The SMILES string of the molecule is O=C(NC1(C(F)(F)F)CC1)c1cccc(CCl)c1. The van der Waals surface area contributed by atoms with Gasteiger partial charge in [-0.05, 0) is 30.5 Å². The number of benzene rings is 1. The summed E-state index contributed by atoms with van der Waals surface area (Å²) in [6.07, 6.45) is -4.51. The average Bonchev–Trinajstić information content (AvgIpc) is 3.09. The molecule has 2 rings (SSSR count). The zero-order valence-electron chi connectivity index (χ0n) is 9.35. The van der Waals surface area contributed by atoms with Gasteiger partial charge < -0.3 is 5.32 Å². The fraction of sp³-hybridized carbons (Fsp3) is 0.417. The van der Waals surface area contributed by atoms with Gasteiger partial charge in [0.15, 0.2) is 0 Å². The average molecular weight is 278 g/mol. The van der Waals surface area contributed by atoms with Crippen LogP contribution in [0.1, 0.15) is 28.8 Å². The summed E-state index contributed by atoms with van der Waals surface area (Å²) >= 11 is 5.61. The summed E-state index contributed by atoms with van der Waals surface area (Å²) < 4.78 is 38.0. The highest BCUT2D eigenvalue weighted by molar-refractivity contribution is 6.17. The Bertz CT molecular complexity index is 469. The Balaban J connectivity index is 2.13. The van der Waals surface area contributed by atoms with Crippen LogP contribution in [0.4, 0.5) is 13.2 Å². The molecule has 0 aromatic heterocycles. The third-order valence-corrected chi connectivity index (χ3v) is 3.30. The zero-order chi connectivity index (χ0) is 13.4. The molecule has 1 amide bonds. The van der Waals surface area contributed by atoms with Crippen LogP contribution in [0.3, 0.4) is 0 Å². The fourth-order valence-corrected chi connectivity index (χ4v) is 1.86. The molecule has 1 aliphatic carbocycles. The largest absolute Gasteiger partial charge is 0.411 e. The molecular weight excluding hydrogens is 267 g/mol. The molecule has 0 unspecified atom stereocenters. The van der Waals surface area contributed by atoms with E-state index in [2.05, 4.69) is 5.32 Å². The summed E-state index contributed by atoms with van der Waals surface area (Å²) in [5.74, 6) is -0.497. The van der Waals surface area contributed by atoms with E-state index in [1.165, 1.54) is 12.1 Å². The van der Waals surface area contributed by atoms with Crippen LogP contribution in [0.5, 0.6) is 0 Å². The monoisotopic (exact) mass is 277 g/mol. The van der Waals surface area contributed by atoms with Crippen LogP contribution in [0.2, 0.25) is 0 Å². The Labute approximate surface area is 107 Å². The Morgan fingerprint density at radius 3 is 2.56 bits per heavy atom. The summed E-state index contributed by atoms with van der Waals surface area (Å²) in [5.41, 5.74) is -1.13. The van der Waals surface area contributed by atoms with E-state index >= 15 is 0 Å². The minimum absolute atomic E-state index is 0.0581. The molecule has 1 fully saturated rings. The van der Waals surface area contributed by atoms with E-state index in [0.717, 1.165) is 0 Å². The number of amides is 1. The third-order valence-electron chi connectivity index (χ3n) is 2.99. The second kappa shape index (κ2) is 4.46. The molecule has 1 aromatic rings. The summed E-state index contributed by atoms with van der Waals surface area (Å²) in [6, 6.07) is 6.27. The van der Waals surface area contributed by atoms with Crippen molar-refractivity contribution in [3.05, 3.63) is 35.4 Å². The Kier molecular flexibility index (Phi) is 3.27. The van der Waals surface area contributed by atoms with Gasteiger partial charge in [0.1, 0.15) is 5.54 Å². The van der Waals surface area contributed by atoms with Crippen molar-refractivity contribution in [1.29, 1.82) is 0 Å². The standard InChI is InChI=1S/C12H11ClF3NO/c13-7-8-2-1-3-9(6-8)10(18)17-11(4-5-11)12(14,15)16/h1-3,6H,4-5,7H2,(H,17,18). The fourth-order valence-electron chi connectivity index (χ4n) is 1.69. The zero-order valence-corrected chi connectivity index (χ0v) is 10.1. The van der Waals surface area contributed by atoms with Crippen LogP contribution < -0.4 is 5.32 Å². The highest BCUT2D eigenvalue weighted by Gasteiger charge is 2.64. The van der Waals surface area contributed by atoms with Crippen LogP contribution >= 0.6 is 11.6 Å². The van der Waals surface area contributed by atoms with Gasteiger partial charge in [-0.25, -0.2) is 0 Å². The van der Waals surface area contributed by atoms with Gasteiger partial charge >= 0.3 is 6.18 Å². The first-order valence-corrected chi connectivity index (χ1v) is 5.95. The maximum atomic E-state index is 12.7. The van der Waals surface area contributed by atoms with Crippen LogP contribution in [-0.4, -0.2) is 17.6 Å². The molecule has 0 saturated heterocycles. The van der Waals surface area contributed by atoms with Crippen molar-refractivity contribution in [2.45, 2.75) is 30.4 Å². The third kappa shape index (κ3) is 2.46. The molecule has 98 valence electrons. The number of rotatable bonds is 3. The second-order valence-electron chi connectivity index (χ2n) is 4.37. The summed E-state index contributed by atoms with van der Waals surface area (Å²) in [5, 5.41) is 2.07. The summed E-state index contributed by atoms with van der Waals surface area (Å²) in [6.45, 7) is 0. The number of halogens is 4. The first kappa shape index (κ1) is 13.2. The minimum Gasteiger partial charge on any atom is -0.338 e. The van der Waals surface area contributed by atoms with E-state index < -0.39 is 17.6 Å². The van der Waals surface area contributed by atoms with Gasteiger partial charge in [-0.1, -0.05) is 12.1 Å². The van der Waals surface area contributed by atoms with Crippen molar-refractivity contribution in [1.82, 2.24) is 5.32 Å². The summed E-state index contributed by atoms with van der Waals surface area (Å²) in [7, 11) is 0. The molecule has 6 heteroatoms. The molecule has 2 nitrogen and oxygen atoms in total.